The van der Waals surface area contributed by atoms with Crippen molar-refractivity contribution in [2.75, 3.05) is 27.2 Å². The quantitative estimate of drug-likeness (QED) is 0.768. The zero-order valence-corrected chi connectivity index (χ0v) is 12.9. The average molecular weight is 282 g/mol. The van der Waals surface area contributed by atoms with Crippen molar-refractivity contribution < 1.29 is 9.50 Å². The SMILES string of the molecule is CC(C)CC(CN(C)C)NCC(O)c1ccccc1F. The molecular weight excluding hydrogens is 255 g/mol. The Balaban J connectivity index is 2.55. The minimum absolute atomic E-state index is 0.298. The van der Waals surface area contributed by atoms with Crippen LogP contribution < -0.4 is 5.32 Å². The van der Waals surface area contributed by atoms with Crippen molar-refractivity contribution in [3.8, 4) is 0 Å². The van der Waals surface area contributed by atoms with Gasteiger partial charge in [0.25, 0.3) is 0 Å². The largest absolute Gasteiger partial charge is 0.387 e. The predicted molar refractivity (Wildman–Crippen MR) is 81.2 cm³/mol. The van der Waals surface area contributed by atoms with Crippen molar-refractivity contribution in [3.05, 3.63) is 35.6 Å². The van der Waals surface area contributed by atoms with Crippen molar-refractivity contribution >= 4 is 0 Å². The predicted octanol–water partition coefficient (Wildman–Crippen LogP) is 2.43. The third-order valence-electron chi connectivity index (χ3n) is 3.21. The van der Waals surface area contributed by atoms with Gasteiger partial charge >= 0.3 is 0 Å². The molecule has 0 aliphatic heterocycles. The molecule has 1 aromatic carbocycles. The number of hydrogen-bond acceptors (Lipinski definition) is 3. The standard InChI is InChI=1S/C16H27FN2O/c1-12(2)9-13(11-19(3)4)18-10-16(20)14-7-5-6-8-15(14)17/h5-8,12-13,16,18,20H,9-11H2,1-4H3. The number of likely N-dealkylation sites (N-methyl/N-ethyl adjacent to an activating group) is 1. The fourth-order valence-corrected chi connectivity index (χ4v) is 2.37. The molecule has 3 nitrogen and oxygen atoms in total. The Hall–Kier alpha value is -0.970. The number of rotatable bonds is 8. The summed E-state index contributed by atoms with van der Waals surface area (Å²) >= 11 is 0. The third kappa shape index (κ3) is 5.99. The lowest BCUT2D eigenvalue weighted by Gasteiger charge is -2.25. The third-order valence-corrected chi connectivity index (χ3v) is 3.21. The lowest BCUT2D eigenvalue weighted by atomic mass is 10.0. The van der Waals surface area contributed by atoms with Gasteiger partial charge in [0.2, 0.25) is 0 Å². The molecule has 0 saturated carbocycles. The molecule has 4 heteroatoms. The van der Waals surface area contributed by atoms with Crippen molar-refractivity contribution in [2.45, 2.75) is 32.4 Å². The molecule has 114 valence electrons. The molecule has 2 atom stereocenters. The lowest BCUT2D eigenvalue weighted by molar-refractivity contribution is 0.159. The molecule has 0 aliphatic carbocycles. The van der Waals surface area contributed by atoms with E-state index < -0.39 is 6.10 Å². The summed E-state index contributed by atoms with van der Waals surface area (Å²) in [6.45, 7) is 5.63. The summed E-state index contributed by atoms with van der Waals surface area (Å²) < 4.78 is 13.6. The lowest BCUT2D eigenvalue weighted by Crippen LogP contribution is -2.41. The maximum Gasteiger partial charge on any atom is 0.129 e. The van der Waals surface area contributed by atoms with Crippen LogP contribution >= 0.6 is 0 Å². The molecule has 0 saturated heterocycles. The number of aliphatic hydroxyl groups is 1. The second-order valence-electron chi connectivity index (χ2n) is 6.03. The molecule has 0 heterocycles. The number of aliphatic hydroxyl groups excluding tert-OH is 1. The van der Waals surface area contributed by atoms with Crippen LogP contribution in [0.1, 0.15) is 31.9 Å². The first-order valence-corrected chi connectivity index (χ1v) is 7.20. The summed E-state index contributed by atoms with van der Waals surface area (Å²) in [6, 6.07) is 6.68. The molecular formula is C16H27FN2O. The van der Waals surface area contributed by atoms with Crippen LogP contribution in [0.15, 0.2) is 24.3 Å². The number of hydrogen-bond donors (Lipinski definition) is 2. The molecule has 1 aromatic rings. The Kier molecular flexibility index (Phi) is 7.13. The first kappa shape index (κ1) is 17.1. The van der Waals surface area contributed by atoms with Gasteiger partial charge < -0.3 is 15.3 Å². The summed E-state index contributed by atoms with van der Waals surface area (Å²) in [6.07, 6.45) is 0.218. The highest BCUT2D eigenvalue weighted by Crippen LogP contribution is 2.16. The molecule has 2 N–H and O–H groups in total. The topological polar surface area (TPSA) is 35.5 Å². The van der Waals surface area contributed by atoms with E-state index in [-0.39, 0.29) is 5.82 Å². The molecule has 0 radical (unpaired) electrons. The van der Waals surface area contributed by atoms with Crippen molar-refractivity contribution in [1.82, 2.24) is 10.2 Å². The molecule has 0 fully saturated rings. The summed E-state index contributed by atoms with van der Waals surface area (Å²) in [5, 5.41) is 13.5. The van der Waals surface area contributed by atoms with E-state index >= 15 is 0 Å². The van der Waals surface area contributed by atoms with Gasteiger partial charge in [-0.05, 0) is 32.5 Å². The van der Waals surface area contributed by atoms with Gasteiger partial charge in [0, 0.05) is 24.7 Å². The second-order valence-corrected chi connectivity index (χ2v) is 6.03. The molecule has 0 aliphatic rings. The Bertz CT molecular complexity index is 386. The number of benzene rings is 1. The normalized spacial score (nSPS) is 14.8. The Morgan fingerprint density at radius 2 is 1.90 bits per heavy atom. The van der Waals surface area contributed by atoms with Gasteiger partial charge in [-0.3, -0.25) is 0 Å². The minimum atomic E-state index is -0.812. The van der Waals surface area contributed by atoms with Crippen LogP contribution in [0, 0.1) is 11.7 Å². The zero-order chi connectivity index (χ0) is 15.1. The van der Waals surface area contributed by atoms with E-state index in [1.165, 1.54) is 6.07 Å². The zero-order valence-electron chi connectivity index (χ0n) is 12.9. The summed E-state index contributed by atoms with van der Waals surface area (Å²) in [4.78, 5) is 2.12. The van der Waals surface area contributed by atoms with Gasteiger partial charge in [-0.15, -0.1) is 0 Å². The highest BCUT2D eigenvalue weighted by atomic mass is 19.1. The van der Waals surface area contributed by atoms with Gasteiger partial charge in [-0.1, -0.05) is 32.0 Å². The molecule has 0 amide bonds. The summed E-state index contributed by atoms with van der Waals surface area (Å²) in [5.74, 6) is 0.230. The Morgan fingerprint density at radius 3 is 2.45 bits per heavy atom. The van der Waals surface area contributed by atoms with Gasteiger partial charge in [0.15, 0.2) is 0 Å². The summed E-state index contributed by atoms with van der Waals surface area (Å²) in [5.41, 5.74) is 0.355. The van der Waals surface area contributed by atoms with Gasteiger partial charge in [0.05, 0.1) is 6.10 Å². The van der Waals surface area contributed by atoms with Crippen LogP contribution in [0.25, 0.3) is 0 Å². The van der Waals surface area contributed by atoms with Gasteiger partial charge in [0.1, 0.15) is 5.82 Å². The molecule has 20 heavy (non-hydrogen) atoms. The van der Waals surface area contributed by atoms with E-state index in [4.69, 9.17) is 0 Å². The van der Waals surface area contributed by atoms with Gasteiger partial charge in [-0.25, -0.2) is 4.39 Å². The molecule has 0 aromatic heterocycles. The highest BCUT2D eigenvalue weighted by molar-refractivity contribution is 5.20. The monoisotopic (exact) mass is 282 g/mol. The van der Waals surface area contributed by atoms with Gasteiger partial charge in [-0.2, -0.15) is 0 Å². The number of nitrogens with zero attached hydrogens (tertiary/aromatic N) is 1. The fourth-order valence-electron chi connectivity index (χ4n) is 2.37. The van der Waals surface area contributed by atoms with Crippen LogP contribution in [0.3, 0.4) is 0 Å². The van der Waals surface area contributed by atoms with Crippen LogP contribution in [0.5, 0.6) is 0 Å². The van der Waals surface area contributed by atoms with E-state index in [0.717, 1.165) is 13.0 Å². The smallest absolute Gasteiger partial charge is 0.129 e. The van der Waals surface area contributed by atoms with E-state index in [9.17, 15) is 9.50 Å². The van der Waals surface area contributed by atoms with Crippen molar-refractivity contribution in [2.24, 2.45) is 5.92 Å². The fraction of sp³-hybridized carbons (Fsp3) is 0.625. The molecule has 0 spiro atoms. The second kappa shape index (κ2) is 8.35. The van der Waals surface area contributed by atoms with Crippen LogP contribution in [-0.2, 0) is 0 Å². The summed E-state index contributed by atoms with van der Waals surface area (Å²) in [7, 11) is 4.06. The average Bonchev–Trinajstić information content (AvgIpc) is 2.34. The van der Waals surface area contributed by atoms with Crippen molar-refractivity contribution in [1.29, 1.82) is 0 Å². The first-order valence-electron chi connectivity index (χ1n) is 7.20. The van der Waals surface area contributed by atoms with E-state index in [1.807, 2.05) is 14.1 Å². The molecule has 1 rings (SSSR count). The van der Waals surface area contributed by atoms with E-state index in [1.54, 1.807) is 18.2 Å². The highest BCUT2D eigenvalue weighted by Gasteiger charge is 2.16. The van der Waals surface area contributed by atoms with E-state index in [0.29, 0.717) is 24.1 Å². The van der Waals surface area contributed by atoms with Crippen molar-refractivity contribution in [3.63, 3.8) is 0 Å². The Morgan fingerprint density at radius 1 is 1.25 bits per heavy atom. The first-order chi connectivity index (χ1) is 9.40. The molecule has 0 bridgehead atoms. The van der Waals surface area contributed by atoms with E-state index in [2.05, 4.69) is 24.1 Å². The van der Waals surface area contributed by atoms with Crippen LogP contribution in [-0.4, -0.2) is 43.2 Å². The van der Waals surface area contributed by atoms with Crippen LogP contribution in [0.4, 0.5) is 4.39 Å². The minimum Gasteiger partial charge on any atom is -0.387 e. The molecule has 2 unspecified atom stereocenters. The number of halogens is 1. The maximum absolute atomic E-state index is 13.6. The maximum atomic E-state index is 13.6. The van der Waals surface area contributed by atoms with Crippen LogP contribution in [0.2, 0.25) is 0 Å². The Labute approximate surface area is 121 Å². The number of nitrogens with one attached hydrogen (secondary N) is 1.